The minimum absolute atomic E-state index is 0.0164. The first-order valence-electron chi connectivity index (χ1n) is 17.3. The Hall–Kier alpha value is -5.30. The summed E-state index contributed by atoms with van der Waals surface area (Å²) >= 11 is 0. The molecule has 3 N–H and O–H groups in total. The van der Waals surface area contributed by atoms with Crippen molar-refractivity contribution in [2.24, 2.45) is 0 Å². The van der Waals surface area contributed by atoms with E-state index in [0.717, 1.165) is 42.7 Å². The zero-order valence-electron chi connectivity index (χ0n) is 31.2. The molecule has 290 valence electrons. The smallest absolute Gasteiger partial charge is 0.408 e. The van der Waals surface area contributed by atoms with E-state index in [1.165, 1.54) is 17.7 Å². The SMILES string of the molecule is CC(C)(C)OC(=O)N[C@@H](Cc1cc(F)cc(F)c1)C(O)c1ccc(CCc2ccccc2)cn1.CC(C)(C)OC(=O)N[C@H](C=O)Cc1cc(F)cc(F)c1. The molecule has 3 atom stereocenters. The minimum atomic E-state index is -1.22. The number of aliphatic hydroxyl groups is 1. The number of rotatable bonds is 12. The molecule has 0 aliphatic carbocycles. The number of aromatic nitrogens is 1. The van der Waals surface area contributed by atoms with E-state index < -0.39 is 64.8 Å². The van der Waals surface area contributed by atoms with Crippen LogP contribution in [0.15, 0.2) is 85.1 Å². The quantitative estimate of drug-likeness (QED) is 0.0992. The van der Waals surface area contributed by atoms with Crippen molar-refractivity contribution >= 4 is 18.5 Å². The van der Waals surface area contributed by atoms with E-state index in [2.05, 4.69) is 27.8 Å². The van der Waals surface area contributed by atoms with Crippen molar-refractivity contribution in [1.29, 1.82) is 0 Å². The Morgan fingerprint density at radius 2 is 1.17 bits per heavy atom. The summed E-state index contributed by atoms with van der Waals surface area (Å²) in [5.41, 5.74) is 1.68. The highest BCUT2D eigenvalue weighted by atomic mass is 19.1. The molecule has 13 heteroatoms. The van der Waals surface area contributed by atoms with Crippen LogP contribution in [0.3, 0.4) is 0 Å². The summed E-state index contributed by atoms with van der Waals surface area (Å²) in [6, 6.07) is 17.9. The Balaban J connectivity index is 0.000000334. The molecule has 0 saturated carbocycles. The molecule has 0 spiro atoms. The van der Waals surface area contributed by atoms with Gasteiger partial charge in [-0.2, -0.15) is 0 Å². The number of nitrogens with zero attached hydrogens (tertiary/aromatic N) is 1. The van der Waals surface area contributed by atoms with E-state index in [1.54, 1.807) is 53.8 Å². The maximum Gasteiger partial charge on any atom is 0.408 e. The van der Waals surface area contributed by atoms with Crippen LogP contribution in [0.4, 0.5) is 27.2 Å². The van der Waals surface area contributed by atoms with E-state index in [0.29, 0.717) is 12.0 Å². The third-order valence-corrected chi connectivity index (χ3v) is 7.40. The molecule has 4 rings (SSSR count). The van der Waals surface area contributed by atoms with Gasteiger partial charge in [-0.25, -0.2) is 27.2 Å². The van der Waals surface area contributed by atoms with E-state index in [9.17, 15) is 37.1 Å². The maximum absolute atomic E-state index is 13.7. The molecule has 0 radical (unpaired) electrons. The van der Waals surface area contributed by atoms with Crippen molar-refractivity contribution in [2.75, 3.05) is 0 Å². The monoisotopic (exact) mass is 753 g/mol. The van der Waals surface area contributed by atoms with Crippen LogP contribution in [-0.2, 0) is 40.0 Å². The van der Waals surface area contributed by atoms with Crippen molar-refractivity contribution < 1.29 is 46.5 Å². The van der Waals surface area contributed by atoms with Crippen LogP contribution in [0.5, 0.6) is 0 Å². The summed E-state index contributed by atoms with van der Waals surface area (Å²) in [6.07, 6.45) is 1.07. The van der Waals surface area contributed by atoms with Gasteiger partial charge in [-0.15, -0.1) is 0 Å². The van der Waals surface area contributed by atoms with Crippen molar-refractivity contribution in [3.63, 3.8) is 0 Å². The first-order chi connectivity index (χ1) is 25.3. The number of nitrogens with one attached hydrogen (secondary N) is 2. The van der Waals surface area contributed by atoms with Crippen molar-refractivity contribution in [1.82, 2.24) is 15.6 Å². The van der Waals surface area contributed by atoms with Crippen LogP contribution in [0.25, 0.3) is 0 Å². The second-order valence-electron chi connectivity index (χ2n) is 14.6. The Morgan fingerprint density at radius 1 is 0.685 bits per heavy atom. The Kier molecular flexibility index (Phi) is 15.7. The van der Waals surface area contributed by atoms with Gasteiger partial charge in [-0.05, 0) is 120 Å². The topological polar surface area (TPSA) is 127 Å². The lowest BCUT2D eigenvalue weighted by atomic mass is 9.98. The number of hydrogen-bond donors (Lipinski definition) is 3. The molecule has 2 amide bonds. The molecule has 3 aromatic carbocycles. The Labute approximate surface area is 313 Å². The Morgan fingerprint density at radius 3 is 1.63 bits per heavy atom. The van der Waals surface area contributed by atoms with E-state index in [4.69, 9.17) is 9.47 Å². The largest absolute Gasteiger partial charge is 0.444 e. The molecule has 4 aromatic rings. The van der Waals surface area contributed by atoms with Gasteiger partial charge < -0.3 is 30.0 Å². The second kappa shape index (κ2) is 19.7. The molecule has 0 aliphatic rings. The van der Waals surface area contributed by atoms with Crippen molar-refractivity contribution in [3.8, 4) is 0 Å². The highest BCUT2D eigenvalue weighted by Crippen LogP contribution is 2.21. The fourth-order valence-electron chi connectivity index (χ4n) is 5.16. The summed E-state index contributed by atoms with van der Waals surface area (Å²) in [4.78, 5) is 39.2. The number of amides is 2. The molecular formula is C41H47F4N3O6. The fourth-order valence-corrected chi connectivity index (χ4v) is 5.16. The lowest BCUT2D eigenvalue weighted by Crippen LogP contribution is -2.43. The van der Waals surface area contributed by atoms with Crippen LogP contribution in [0.1, 0.15) is 75.6 Å². The average molecular weight is 754 g/mol. The average Bonchev–Trinajstić information content (AvgIpc) is 3.05. The highest BCUT2D eigenvalue weighted by molar-refractivity contribution is 5.73. The van der Waals surface area contributed by atoms with E-state index in [1.807, 2.05) is 24.3 Å². The molecule has 0 bridgehead atoms. The van der Waals surface area contributed by atoms with Gasteiger partial charge in [-0.3, -0.25) is 4.98 Å². The number of benzene rings is 3. The molecule has 1 unspecified atom stereocenters. The van der Waals surface area contributed by atoms with Gasteiger partial charge in [0.2, 0.25) is 0 Å². The molecule has 0 fully saturated rings. The van der Waals surface area contributed by atoms with Crippen LogP contribution in [-0.4, -0.2) is 51.8 Å². The van der Waals surface area contributed by atoms with Crippen molar-refractivity contribution in [2.45, 2.75) is 96.6 Å². The lowest BCUT2D eigenvalue weighted by molar-refractivity contribution is -0.109. The molecule has 1 heterocycles. The zero-order chi connectivity index (χ0) is 40.1. The number of carbonyl (C=O) groups is 3. The van der Waals surface area contributed by atoms with Crippen molar-refractivity contribution in [3.05, 3.63) is 136 Å². The summed E-state index contributed by atoms with van der Waals surface area (Å²) < 4.78 is 63.8. The molecular weight excluding hydrogens is 706 g/mol. The second-order valence-corrected chi connectivity index (χ2v) is 14.6. The predicted octanol–water partition coefficient (Wildman–Crippen LogP) is 7.91. The molecule has 9 nitrogen and oxygen atoms in total. The van der Waals surface area contributed by atoms with Crippen LogP contribution in [0, 0.1) is 23.3 Å². The fraction of sp³-hybridized carbons (Fsp3) is 0.366. The van der Waals surface area contributed by atoms with Gasteiger partial charge in [0, 0.05) is 18.3 Å². The zero-order valence-corrected chi connectivity index (χ0v) is 31.2. The number of pyridine rings is 1. The summed E-state index contributed by atoms with van der Waals surface area (Å²) in [5.74, 6) is -2.94. The van der Waals surface area contributed by atoms with Gasteiger partial charge in [0.15, 0.2) is 0 Å². The van der Waals surface area contributed by atoms with Crippen LogP contribution in [0.2, 0.25) is 0 Å². The summed E-state index contributed by atoms with van der Waals surface area (Å²) in [5, 5.41) is 16.0. The Bertz CT molecular complexity index is 1790. The van der Waals surface area contributed by atoms with Gasteiger partial charge in [0.1, 0.15) is 46.9 Å². The number of aryl methyl sites for hydroxylation is 2. The summed E-state index contributed by atoms with van der Waals surface area (Å²) in [6.45, 7) is 10.2. The molecule has 0 saturated heterocycles. The first kappa shape index (κ1) is 43.1. The third-order valence-electron chi connectivity index (χ3n) is 7.40. The number of aliphatic hydroxyl groups excluding tert-OH is 1. The number of alkyl carbamates (subject to hydrolysis) is 2. The molecule has 54 heavy (non-hydrogen) atoms. The van der Waals surface area contributed by atoms with Gasteiger partial charge in [0.25, 0.3) is 0 Å². The molecule has 1 aromatic heterocycles. The number of aldehydes is 1. The number of halogens is 4. The number of hydrogen-bond acceptors (Lipinski definition) is 7. The lowest BCUT2D eigenvalue weighted by Gasteiger charge is -2.26. The number of ether oxygens (including phenoxy) is 2. The minimum Gasteiger partial charge on any atom is -0.444 e. The normalized spacial score (nSPS) is 13.0. The molecule has 0 aliphatic heterocycles. The van der Waals surface area contributed by atoms with E-state index in [-0.39, 0.29) is 24.0 Å². The van der Waals surface area contributed by atoms with Crippen LogP contribution < -0.4 is 10.6 Å². The van der Waals surface area contributed by atoms with Gasteiger partial charge >= 0.3 is 12.2 Å². The maximum atomic E-state index is 13.7. The first-order valence-corrected chi connectivity index (χ1v) is 17.3. The van der Waals surface area contributed by atoms with E-state index >= 15 is 0 Å². The van der Waals surface area contributed by atoms with Gasteiger partial charge in [0.05, 0.1) is 17.8 Å². The van der Waals surface area contributed by atoms with Crippen LogP contribution >= 0.6 is 0 Å². The standard InChI is InChI=1S/C27H30F2N2O3.C14H17F2NO3/c1-27(2,3)34-26(33)31-24(15-20-13-21(28)16-22(29)14-20)25(32)23-12-11-19(17-30-23)10-9-18-7-5-4-6-8-18;1-14(2,3)20-13(19)17-12(8-18)6-9-4-10(15)7-11(16)5-9/h4-8,11-14,16-17,24-25,32H,9-10,15H2,1-3H3,(H,31,33);4-5,7-8,12H,6H2,1-3H3,(H,17,19)/t24-,25?;12-/m00/s1. The predicted molar refractivity (Wildman–Crippen MR) is 196 cm³/mol. The number of carbonyl (C=O) groups excluding carboxylic acids is 3. The highest BCUT2D eigenvalue weighted by Gasteiger charge is 2.27. The summed E-state index contributed by atoms with van der Waals surface area (Å²) in [7, 11) is 0. The third kappa shape index (κ3) is 16.2. The van der Waals surface area contributed by atoms with Gasteiger partial charge in [-0.1, -0.05) is 36.4 Å².